The summed E-state index contributed by atoms with van der Waals surface area (Å²) in [7, 11) is 0. The third-order valence-electron chi connectivity index (χ3n) is 11.7. The van der Waals surface area contributed by atoms with Crippen LogP contribution in [0.2, 0.25) is 0 Å². The number of carbonyl (C=O) groups excluding carboxylic acids is 6. The van der Waals surface area contributed by atoms with Gasteiger partial charge in [-0.25, -0.2) is 4.79 Å². The summed E-state index contributed by atoms with van der Waals surface area (Å²) < 4.78 is 33.1. The van der Waals surface area contributed by atoms with Crippen molar-refractivity contribution >= 4 is 35.9 Å². The predicted octanol–water partition coefficient (Wildman–Crippen LogP) is 11.5. The molecule has 1 aliphatic rings. The molecule has 0 bridgehead atoms. The zero-order valence-corrected chi connectivity index (χ0v) is 43.9. The molecule has 0 spiro atoms. The summed E-state index contributed by atoms with van der Waals surface area (Å²) in [6.07, 6.45) is 22.7. The number of carbonyl (C=O) groups is 6. The summed E-state index contributed by atoms with van der Waals surface area (Å²) in [6, 6.07) is 0. The first-order valence-corrected chi connectivity index (χ1v) is 26.2. The second kappa shape index (κ2) is 41.3. The van der Waals surface area contributed by atoms with Crippen molar-refractivity contribution in [3.8, 4) is 0 Å². The fourth-order valence-corrected chi connectivity index (χ4v) is 7.36. The van der Waals surface area contributed by atoms with Gasteiger partial charge in [0.15, 0.2) is 0 Å². The van der Waals surface area contributed by atoms with Gasteiger partial charge in [-0.05, 0) is 150 Å². The summed E-state index contributed by atoms with van der Waals surface area (Å²) in [5.41, 5.74) is 4.91. The third-order valence-corrected chi connectivity index (χ3v) is 11.7. The Hall–Kier alpha value is -4.46. The van der Waals surface area contributed by atoms with E-state index in [1.165, 1.54) is 35.1 Å². The second-order valence-electron chi connectivity index (χ2n) is 19.0. The predicted molar refractivity (Wildman–Crippen MR) is 271 cm³/mol. The van der Waals surface area contributed by atoms with Crippen LogP contribution in [0.4, 0.5) is 4.79 Å². The molecule has 69 heavy (non-hydrogen) atoms. The molecule has 1 N–H and O–H groups in total. The minimum atomic E-state index is -0.608. The number of nitrogens with zero attached hydrogens (tertiary/aromatic N) is 1. The largest absolute Gasteiger partial charge is 0.465 e. The van der Waals surface area contributed by atoms with E-state index in [0.29, 0.717) is 57.9 Å². The normalized spacial score (nSPS) is 13.3. The molecule has 14 nitrogen and oxygen atoms in total. The highest BCUT2D eigenvalue weighted by atomic mass is 16.6. The van der Waals surface area contributed by atoms with Crippen LogP contribution in [-0.2, 0) is 52.4 Å². The minimum Gasteiger partial charge on any atom is -0.465 e. The lowest BCUT2D eigenvalue weighted by molar-refractivity contribution is -0.154. The number of hydrogen-bond donors (Lipinski definition) is 1. The molecular weight excluding hydrogens is 881 g/mol. The number of nitrogens with one attached hydrogen (secondary N) is 1. The number of rotatable bonds is 40. The van der Waals surface area contributed by atoms with Crippen molar-refractivity contribution in [3.63, 3.8) is 0 Å². The van der Waals surface area contributed by atoms with Crippen molar-refractivity contribution in [2.24, 2.45) is 5.92 Å². The number of amides is 1. The maximum Gasteiger partial charge on any atom is 0.407 e. The van der Waals surface area contributed by atoms with Crippen molar-refractivity contribution in [3.05, 3.63) is 46.6 Å². The van der Waals surface area contributed by atoms with Gasteiger partial charge in [-0.1, -0.05) is 73.5 Å². The van der Waals surface area contributed by atoms with Crippen LogP contribution in [0.15, 0.2) is 46.6 Å². The molecule has 1 heterocycles. The van der Waals surface area contributed by atoms with Gasteiger partial charge in [0.1, 0.15) is 39.1 Å². The van der Waals surface area contributed by atoms with Crippen LogP contribution in [0.25, 0.3) is 0 Å². The van der Waals surface area contributed by atoms with E-state index in [1.54, 1.807) is 0 Å². The highest BCUT2D eigenvalue weighted by Crippen LogP contribution is 2.16. The van der Waals surface area contributed by atoms with Crippen molar-refractivity contribution in [1.82, 2.24) is 10.2 Å². The molecule has 0 aromatic rings. The average Bonchev–Trinajstić information content (AvgIpc) is 3.82. The lowest BCUT2D eigenvalue weighted by Gasteiger charge is -2.20. The van der Waals surface area contributed by atoms with Gasteiger partial charge in [0.25, 0.3) is 0 Å². The van der Waals surface area contributed by atoms with Crippen molar-refractivity contribution < 1.29 is 57.2 Å². The Bertz CT molecular complexity index is 1510. The molecule has 1 aliphatic heterocycles. The van der Waals surface area contributed by atoms with Crippen LogP contribution in [0.1, 0.15) is 196 Å². The van der Waals surface area contributed by atoms with Crippen LogP contribution in [-0.4, -0.2) is 106 Å². The number of esters is 5. The SMILES string of the molecule is CCCCCCC(CCC(=O)OCC(COC(=O)CCCCCC(=O)OC/C=C(/C)CCC=C(C)C)COC(=O)CCCCCC(=O)OC/C=C(/C)CCC=C(C)C)OC(=O)NCCN1CCCC1. The summed E-state index contributed by atoms with van der Waals surface area (Å²) >= 11 is 0. The Kier molecular flexibility index (Phi) is 37.5. The maximum absolute atomic E-state index is 13.0. The van der Waals surface area contributed by atoms with Crippen LogP contribution in [0.3, 0.4) is 0 Å². The Morgan fingerprint density at radius 3 is 1.39 bits per heavy atom. The summed E-state index contributed by atoms with van der Waals surface area (Å²) in [4.78, 5) is 77.9. The third kappa shape index (κ3) is 39.0. The molecule has 0 aliphatic carbocycles. The lowest BCUT2D eigenvalue weighted by Crippen LogP contribution is -2.35. The number of hydrogen-bond acceptors (Lipinski definition) is 13. The van der Waals surface area contributed by atoms with E-state index in [9.17, 15) is 28.8 Å². The molecule has 0 aromatic carbocycles. The number of likely N-dealkylation sites (tertiary alicyclic amines) is 1. The number of ether oxygens (including phenoxy) is 6. The molecule has 1 rings (SSSR count). The van der Waals surface area contributed by atoms with E-state index in [4.69, 9.17) is 28.4 Å². The molecule has 1 saturated heterocycles. The fraction of sp³-hybridized carbons (Fsp3) is 0.745. The molecule has 1 amide bonds. The van der Waals surface area contributed by atoms with E-state index < -0.39 is 36.0 Å². The molecule has 1 unspecified atom stereocenters. The van der Waals surface area contributed by atoms with Gasteiger partial charge >= 0.3 is 35.9 Å². The van der Waals surface area contributed by atoms with E-state index in [2.05, 4.69) is 57.0 Å². The van der Waals surface area contributed by atoms with Crippen molar-refractivity contribution in [1.29, 1.82) is 0 Å². The van der Waals surface area contributed by atoms with Crippen LogP contribution in [0.5, 0.6) is 0 Å². The van der Waals surface area contributed by atoms with Crippen molar-refractivity contribution in [2.75, 3.05) is 59.2 Å². The number of alkyl carbamates (subject to hydrolysis) is 1. The van der Waals surface area contributed by atoms with Crippen LogP contribution in [0, 0.1) is 5.92 Å². The maximum atomic E-state index is 13.0. The van der Waals surface area contributed by atoms with E-state index in [-0.39, 0.29) is 77.1 Å². The molecule has 1 fully saturated rings. The highest BCUT2D eigenvalue weighted by molar-refractivity contribution is 5.71. The minimum absolute atomic E-state index is 0.0206. The Balaban J connectivity index is 2.63. The zero-order chi connectivity index (χ0) is 50.9. The van der Waals surface area contributed by atoms with E-state index in [1.807, 2.05) is 26.0 Å². The Morgan fingerprint density at radius 1 is 0.507 bits per heavy atom. The summed E-state index contributed by atoms with van der Waals surface area (Å²) in [6.45, 7) is 17.9. The first kappa shape index (κ1) is 62.6. The number of allylic oxidation sites excluding steroid dienone is 6. The van der Waals surface area contributed by atoms with E-state index >= 15 is 0 Å². The first-order chi connectivity index (χ1) is 33.2. The Morgan fingerprint density at radius 2 is 0.942 bits per heavy atom. The fourth-order valence-electron chi connectivity index (χ4n) is 7.36. The second-order valence-corrected chi connectivity index (χ2v) is 19.0. The number of unbranched alkanes of at least 4 members (excludes halogenated alkanes) is 7. The topological polar surface area (TPSA) is 173 Å². The summed E-state index contributed by atoms with van der Waals surface area (Å²) in [5, 5.41) is 2.85. The Labute approximate surface area is 416 Å². The molecule has 0 aromatic heterocycles. The quantitative estimate of drug-likeness (QED) is 0.0266. The molecule has 0 radical (unpaired) electrons. The average molecular weight is 973 g/mol. The smallest absolute Gasteiger partial charge is 0.407 e. The molecule has 14 heteroatoms. The van der Waals surface area contributed by atoms with Gasteiger partial charge in [-0.15, -0.1) is 0 Å². The summed E-state index contributed by atoms with van der Waals surface area (Å²) in [5.74, 6) is -2.55. The molecule has 1 atom stereocenters. The molecular formula is C55H92N2O12. The van der Waals surface area contributed by atoms with E-state index in [0.717, 1.165) is 71.0 Å². The molecule has 394 valence electrons. The van der Waals surface area contributed by atoms with Gasteiger partial charge < -0.3 is 38.6 Å². The van der Waals surface area contributed by atoms with Gasteiger partial charge in [-0.2, -0.15) is 0 Å². The van der Waals surface area contributed by atoms with Crippen LogP contribution < -0.4 is 5.32 Å². The van der Waals surface area contributed by atoms with Gasteiger partial charge in [0, 0.05) is 45.2 Å². The monoisotopic (exact) mass is 973 g/mol. The van der Waals surface area contributed by atoms with Gasteiger partial charge in [-0.3, -0.25) is 24.0 Å². The van der Waals surface area contributed by atoms with Gasteiger partial charge in [0.05, 0.1) is 5.92 Å². The highest BCUT2D eigenvalue weighted by Gasteiger charge is 2.21. The lowest BCUT2D eigenvalue weighted by atomic mass is 10.1. The van der Waals surface area contributed by atoms with Crippen molar-refractivity contribution in [2.45, 2.75) is 202 Å². The zero-order valence-electron chi connectivity index (χ0n) is 43.9. The first-order valence-electron chi connectivity index (χ1n) is 26.2. The standard InChI is InChI=1S/C55H92N2O12/c1-8-9-10-13-26-49(69-55(63)56-35-38-57-36-18-19-37-57)31-32-54(62)68-43-48(41-66-52(60)29-16-11-14-27-50(58)64-39-33-46(6)24-20-22-44(2)3)42-67-53(61)30-17-12-15-28-51(59)65-40-34-47(7)25-21-23-45(4)5/h22-23,33-34,48-49H,8-21,24-32,35-43H2,1-7H3,(H,56,63)/b46-33-,47-34-. The van der Waals surface area contributed by atoms with Crippen LogP contribution >= 0.6 is 0 Å². The van der Waals surface area contributed by atoms with Gasteiger partial charge in [0.2, 0.25) is 0 Å². The molecule has 0 saturated carbocycles.